The zero-order valence-corrected chi connectivity index (χ0v) is 22.4. The van der Waals surface area contributed by atoms with Crippen LogP contribution < -0.4 is 5.32 Å². The molecule has 1 aliphatic heterocycles. The second-order valence-electron chi connectivity index (χ2n) is 13.7. The molecule has 1 N–H and O–H groups in total. The zero-order valence-electron chi connectivity index (χ0n) is 22.4. The standard InChI is InChI=1S/C30H57N/c1-21(2)29-15-14-28(31-29)20-24(5)26-12-10-25(11-13-26)22(3)8-9-23(4)27-16-18-30(6,7)19-17-27/h21-29,31H,8-20H2,1-7H3. The van der Waals surface area contributed by atoms with E-state index in [1.54, 1.807) is 0 Å². The van der Waals surface area contributed by atoms with Gasteiger partial charge in [-0.15, -0.1) is 0 Å². The predicted molar refractivity (Wildman–Crippen MR) is 137 cm³/mol. The normalized spacial score (nSPS) is 35.2. The maximum Gasteiger partial charge on any atom is 0.00932 e. The molecule has 2 aliphatic carbocycles. The van der Waals surface area contributed by atoms with Crippen LogP contribution in [0.1, 0.15) is 132 Å². The van der Waals surface area contributed by atoms with Gasteiger partial charge >= 0.3 is 0 Å². The van der Waals surface area contributed by atoms with Crippen LogP contribution in [0.2, 0.25) is 0 Å². The molecule has 182 valence electrons. The minimum Gasteiger partial charge on any atom is -0.311 e. The molecular formula is C30H57N. The van der Waals surface area contributed by atoms with Crippen molar-refractivity contribution in [2.24, 2.45) is 46.8 Å². The highest BCUT2D eigenvalue weighted by molar-refractivity contribution is 4.88. The van der Waals surface area contributed by atoms with E-state index < -0.39 is 0 Å². The maximum atomic E-state index is 3.95. The third-order valence-electron chi connectivity index (χ3n) is 10.4. The smallest absolute Gasteiger partial charge is 0.00932 e. The van der Waals surface area contributed by atoms with Crippen molar-refractivity contribution < 1.29 is 0 Å². The first-order valence-electron chi connectivity index (χ1n) is 14.4. The van der Waals surface area contributed by atoms with Crippen molar-refractivity contribution >= 4 is 0 Å². The molecule has 5 atom stereocenters. The van der Waals surface area contributed by atoms with Crippen LogP contribution in [0, 0.1) is 46.8 Å². The van der Waals surface area contributed by atoms with Crippen molar-refractivity contribution in [2.75, 3.05) is 0 Å². The number of rotatable bonds is 9. The third-order valence-corrected chi connectivity index (χ3v) is 10.4. The molecule has 0 radical (unpaired) electrons. The van der Waals surface area contributed by atoms with Gasteiger partial charge in [0.1, 0.15) is 0 Å². The Morgan fingerprint density at radius 2 is 1.13 bits per heavy atom. The fourth-order valence-electron chi connectivity index (χ4n) is 7.47. The lowest BCUT2D eigenvalue weighted by atomic mass is 9.68. The van der Waals surface area contributed by atoms with Gasteiger partial charge in [0.05, 0.1) is 0 Å². The summed E-state index contributed by atoms with van der Waals surface area (Å²) in [5.41, 5.74) is 0.614. The number of nitrogens with one attached hydrogen (secondary N) is 1. The topological polar surface area (TPSA) is 12.0 Å². The Kier molecular flexibility index (Phi) is 9.40. The van der Waals surface area contributed by atoms with E-state index in [4.69, 9.17) is 0 Å². The monoisotopic (exact) mass is 431 g/mol. The molecule has 31 heavy (non-hydrogen) atoms. The van der Waals surface area contributed by atoms with Crippen LogP contribution in [0.15, 0.2) is 0 Å². The summed E-state index contributed by atoms with van der Waals surface area (Å²) in [5.74, 6) is 6.62. The quantitative estimate of drug-likeness (QED) is 0.384. The van der Waals surface area contributed by atoms with Crippen LogP contribution in [0.5, 0.6) is 0 Å². The summed E-state index contributed by atoms with van der Waals surface area (Å²) in [7, 11) is 0. The lowest BCUT2D eigenvalue weighted by Gasteiger charge is -2.38. The van der Waals surface area contributed by atoms with Gasteiger partial charge in [-0.25, -0.2) is 0 Å². The SMILES string of the molecule is CC(C)C1CCC(CC(C)C2CCC(C(C)CCC(C)C3CCC(C)(C)CC3)CC2)N1. The Labute approximate surface area is 196 Å². The highest BCUT2D eigenvalue weighted by Gasteiger charge is 2.33. The average Bonchev–Trinajstić information content (AvgIpc) is 3.20. The van der Waals surface area contributed by atoms with E-state index in [9.17, 15) is 0 Å². The Morgan fingerprint density at radius 1 is 0.645 bits per heavy atom. The molecule has 1 saturated heterocycles. The highest BCUT2D eigenvalue weighted by atomic mass is 15.0. The first kappa shape index (κ1) is 25.6. The molecule has 0 amide bonds. The number of hydrogen-bond acceptors (Lipinski definition) is 1. The Hall–Kier alpha value is -0.0400. The van der Waals surface area contributed by atoms with Crippen LogP contribution in [0.3, 0.4) is 0 Å². The van der Waals surface area contributed by atoms with Crippen molar-refractivity contribution in [2.45, 2.75) is 144 Å². The number of hydrogen-bond donors (Lipinski definition) is 1. The largest absolute Gasteiger partial charge is 0.311 e. The second kappa shape index (κ2) is 11.4. The van der Waals surface area contributed by atoms with E-state index in [0.717, 1.165) is 53.5 Å². The third kappa shape index (κ3) is 7.48. The second-order valence-corrected chi connectivity index (χ2v) is 13.7. The van der Waals surface area contributed by atoms with Crippen LogP contribution in [0.25, 0.3) is 0 Å². The van der Waals surface area contributed by atoms with Gasteiger partial charge in [0.15, 0.2) is 0 Å². The molecular weight excluding hydrogens is 374 g/mol. The molecule has 1 heterocycles. The molecule has 0 bridgehead atoms. The fraction of sp³-hybridized carbons (Fsp3) is 1.00. The zero-order chi connectivity index (χ0) is 22.6. The van der Waals surface area contributed by atoms with Crippen LogP contribution >= 0.6 is 0 Å². The molecule has 1 heteroatoms. The average molecular weight is 432 g/mol. The Balaban J connectivity index is 1.32. The van der Waals surface area contributed by atoms with Crippen molar-refractivity contribution in [3.8, 4) is 0 Å². The maximum absolute atomic E-state index is 3.95. The van der Waals surface area contributed by atoms with Gasteiger partial charge < -0.3 is 5.32 Å². The van der Waals surface area contributed by atoms with Crippen LogP contribution in [0.4, 0.5) is 0 Å². The molecule has 0 spiro atoms. The molecule has 2 saturated carbocycles. The molecule has 3 rings (SSSR count). The molecule has 0 aromatic heterocycles. The lowest BCUT2D eigenvalue weighted by molar-refractivity contribution is 0.133. The molecule has 3 aliphatic rings. The summed E-state index contributed by atoms with van der Waals surface area (Å²) in [6.07, 6.45) is 19.1. The van der Waals surface area contributed by atoms with Crippen molar-refractivity contribution in [1.29, 1.82) is 0 Å². The van der Waals surface area contributed by atoms with Gasteiger partial charge in [0, 0.05) is 12.1 Å². The highest BCUT2D eigenvalue weighted by Crippen LogP contribution is 2.43. The van der Waals surface area contributed by atoms with E-state index in [-0.39, 0.29) is 0 Å². The van der Waals surface area contributed by atoms with Gasteiger partial charge in [0.2, 0.25) is 0 Å². The summed E-state index contributed by atoms with van der Waals surface area (Å²) < 4.78 is 0. The molecule has 3 fully saturated rings. The fourth-order valence-corrected chi connectivity index (χ4v) is 7.47. The minimum atomic E-state index is 0.614. The van der Waals surface area contributed by atoms with E-state index in [2.05, 4.69) is 53.8 Å². The van der Waals surface area contributed by atoms with Crippen LogP contribution in [-0.2, 0) is 0 Å². The van der Waals surface area contributed by atoms with Crippen molar-refractivity contribution in [3.05, 3.63) is 0 Å². The van der Waals surface area contributed by atoms with Gasteiger partial charge in [0.25, 0.3) is 0 Å². The van der Waals surface area contributed by atoms with Crippen LogP contribution in [-0.4, -0.2) is 12.1 Å². The first-order chi connectivity index (χ1) is 14.6. The molecule has 5 unspecified atom stereocenters. The summed E-state index contributed by atoms with van der Waals surface area (Å²) >= 11 is 0. The minimum absolute atomic E-state index is 0.614. The predicted octanol–water partition coefficient (Wildman–Crippen LogP) is 8.86. The van der Waals surface area contributed by atoms with Crippen molar-refractivity contribution in [1.82, 2.24) is 5.32 Å². The Morgan fingerprint density at radius 3 is 1.61 bits per heavy atom. The van der Waals surface area contributed by atoms with Gasteiger partial charge in [-0.3, -0.25) is 0 Å². The summed E-state index contributed by atoms with van der Waals surface area (Å²) in [4.78, 5) is 0. The molecule has 1 nitrogen and oxygen atoms in total. The summed E-state index contributed by atoms with van der Waals surface area (Å²) in [6.45, 7) is 17.4. The molecule has 0 aromatic carbocycles. The van der Waals surface area contributed by atoms with Crippen molar-refractivity contribution in [3.63, 3.8) is 0 Å². The molecule has 0 aromatic rings. The van der Waals surface area contributed by atoms with Gasteiger partial charge in [-0.05, 0) is 117 Å². The van der Waals surface area contributed by atoms with Gasteiger partial charge in [-0.1, -0.05) is 61.3 Å². The summed E-state index contributed by atoms with van der Waals surface area (Å²) in [5, 5.41) is 3.95. The first-order valence-corrected chi connectivity index (χ1v) is 14.4. The van der Waals surface area contributed by atoms with Gasteiger partial charge in [-0.2, -0.15) is 0 Å². The Bertz CT molecular complexity index is 505. The van der Waals surface area contributed by atoms with E-state index in [0.29, 0.717) is 5.41 Å². The summed E-state index contributed by atoms with van der Waals surface area (Å²) in [6, 6.07) is 1.57. The van der Waals surface area contributed by atoms with E-state index >= 15 is 0 Å². The lowest BCUT2D eigenvalue weighted by Crippen LogP contribution is -2.35. The van der Waals surface area contributed by atoms with E-state index in [1.165, 1.54) is 83.5 Å². The van der Waals surface area contributed by atoms with E-state index in [1.807, 2.05) is 0 Å².